The molecular weight excluding hydrogens is 219 g/mol. The third-order valence-electron chi connectivity index (χ3n) is 3.24. The molecule has 1 aliphatic rings. The first kappa shape index (κ1) is 12.3. The number of nitrogens with one attached hydrogen (secondary N) is 2. The van der Waals surface area contributed by atoms with E-state index in [-0.39, 0.29) is 5.82 Å². The predicted octanol–water partition coefficient (Wildman–Crippen LogP) is 1.74. The first-order chi connectivity index (χ1) is 8.20. The fourth-order valence-corrected chi connectivity index (χ4v) is 2.15. The molecule has 4 heteroatoms. The molecule has 3 nitrogen and oxygen atoms in total. The van der Waals surface area contributed by atoms with Gasteiger partial charge in [0.05, 0.1) is 11.3 Å². The van der Waals surface area contributed by atoms with Gasteiger partial charge < -0.3 is 15.7 Å². The maximum atomic E-state index is 13.4. The zero-order valence-corrected chi connectivity index (χ0v) is 9.88. The third-order valence-corrected chi connectivity index (χ3v) is 3.24. The summed E-state index contributed by atoms with van der Waals surface area (Å²) in [6, 6.07) is 6.55. The van der Waals surface area contributed by atoms with Gasteiger partial charge in [0.25, 0.3) is 0 Å². The molecule has 1 heterocycles. The zero-order chi connectivity index (χ0) is 12.1. The van der Waals surface area contributed by atoms with Crippen LogP contribution in [0.3, 0.4) is 0 Å². The molecule has 0 saturated carbocycles. The second-order valence-corrected chi connectivity index (χ2v) is 4.66. The van der Waals surface area contributed by atoms with E-state index in [1.54, 1.807) is 18.2 Å². The van der Waals surface area contributed by atoms with E-state index in [4.69, 9.17) is 0 Å². The SMILES string of the molecule is OC1(CNc2ccccc2F)CCCNCC1. The van der Waals surface area contributed by atoms with E-state index < -0.39 is 5.60 Å². The lowest BCUT2D eigenvalue weighted by atomic mass is 9.95. The summed E-state index contributed by atoms with van der Waals surface area (Å²) in [5, 5.41) is 16.6. The van der Waals surface area contributed by atoms with Crippen LogP contribution in [0.4, 0.5) is 10.1 Å². The molecule has 1 aliphatic heterocycles. The molecular formula is C13H19FN2O. The molecule has 0 aromatic heterocycles. The fraction of sp³-hybridized carbons (Fsp3) is 0.538. The molecule has 1 atom stereocenters. The minimum atomic E-state index is -0.730. The standard InChI is InChI=1S/C13H19FN2O/c14-11-4-1-2-5-12(11)16-10-13(17)6-3-8-15-9-7-13/h1-2,4-5,15-17H,3,6-10H2. The maximum absolute atomic E-state index is 13.4. The molecule has 1 unspecified atom stereocenters. The van der Waals surface area contributed by atoms with Crippen molar-refractivity contribution in [1.29, 1.82) is 0 Å². The molecule has 17 heavy (non-hydrogen) atoms. The Bertz CT molecular complexity index is 362. The van der Waals surface area contributed by atoms with Gasteiger partial charge in [-0.05, 0) is 44.5 Å². The summed E-state index contributed by atoms with van der Waals surface area (Å²) in [6.07, 6.45) is 2.41. The number of benzene rings is 1. The lowest BCUT2D eigenvalue weighted by molar-refractivity contribution is 0.0413. The largest absolute Gasteiger partial charge is 0.388 e. The number of para-hydroxylation sites is 1. The van der Waals surface area contributed by atoms with E-state index in [0.717, 1.165) is 25.9 Å². The van der Waals surface area contributed by atoms with Crippen molar-refractivity contribution in [3.8, 4) is 0 Å². The van der Waals surface area contributed by atoms with E-state index >= 15 is 0 Å². The summed E-state index contributed by atoms with van der Waals surface area (Å²) in [5.41, 5.74) is -0.274. The number of anilines is 1. The molecule has 1 aromatic rings. The number of hydrogen-bond acceptors (Lipinski definition) is 3. The predicted molar refractivity (Wildman–Crippen MR) is 66.6 cm³/mol. The van der Waals surface area contributed by atoms with Crippen LogP contribution in [-0.4, -0.2) is 30.3 Å². The van der Waals surface area contributed by atoms with Gasteiger partial charge in [-0.1, -0.05) is 12.1 Å². The number of halogens is 1. The molecule has 0 aliphatic carbocycles. The van der Waals surface area contributed by atoms with Crippen LogP contribution in [0.2, 0.25) is 0 Å². The lowest BCUT2D eigenvalue weighted by Crippen LogP contribution is -2.37. The third kappa shape index (κ3) is 3.41. The molecule has 0 spiro atoms. The first-order valence-electron chi connectivity index (χ1n) is 6.11. The van der Waals surface area contributed by atoms with E-state index in [0.29, 0.717) is 18.7 Å². The van der Waals surface area contributed by atoms with Gasteiger partial charge in [0.15, 0.2) is 0 Å². The molecule has 2 rings (SSSR count). The van der Waals surface area contributed by atoms with E-state index in [9.17, 15) is 9.50 Å². The Hall–Kier alpha value is -1.13. The van der Waals surface area contributed by atoms with Gasteiger partial charge in [-0.25, -0.2) is 4.39 Å². The summed E-state index contributed by atoms with van der Waals surface area (Å²) in [7, 11) is 0. The fourth-order valence-electron chi connectivity index (χ4n) is 2.15. The van der Waals surface area contributed by atoms with Crippen molar-refractivity contribution in [3.05, 3.63) is 30.1 Å². The number of hydrogen-bond donors (Lipinski definition) is 3. The van der Waals surface area contributed by atoms with Gasteiger partial charge >= 0.3 is 0 Å². The first-order valence-corrected chi connectivity index (χ1v) is 6.11. The Morgan fingerprint density at radius 2 is 2.12 bits per heavy atom. The molecule has 0 radical (unpaired) electrons. The molecule has 94 valence electrons. The molecule has 1 aromatic carbocycles. The number of aliphatic hydroxyl groups is 1. The van der Waals surface area contributed by atoms with Crippen molar-refractivity contribution in [2.24, 2.45) is 0 Å². The second-order valence-electron chi connectivity index (χ2n) is 4.66. The molecule has 0 bridgehead atoms. The average molecular weight is 238 g/mol. The van der Waals surface area contributed by atoms with Crippen LogP contribution < -0.4 is 10.6 Å². The van der Waals surface area contributed by atoms with Crippen molar-refractivity contribution in [1.82, 2.24) is 5.32 Å². The van der Waals surface area contributed by atoms with Crippen molar-refractivity contribution < 1.29 is 9.50 Å². The highest BCUT2D eigenvalue weighted by Crippen LogP contribution is 2.21. The molecule has 1 fully saturated rings. The Morgan fingerprint density at radius 3 is 2.94 bits per heavy atom. The summed E-state index contributed by atoms with van der Waals surface area (Å²) >= 11 is 0. The Labute approximate surface area is 101 Å². The Kier molecular flexibility index (Phi) is 3.97. The highest BCUT2D eigenvalue weighted by atomic mass is 19.1. The Balaban J connectivity index is 1.94. The van der Waals surface area contributed by atoms with Crippen molar-refractivity contribution in [2.45, 2.75) is 24.9 Å². The van der Waals surface area contributed by atoms with Gasteiger partial charge in [0.1, 0.15) is 5.82 Å². The van der Waals surface area contributed by atoms with Crippen LogP contribution in [0.1, 0.15) is 19.3 Å². The second kappa shape index (κ2) is 5.47. The van der Waals surface area contributed by atoms with E-state index in [1.807, 2.05) is 0 Å². The Morgan fingerprint density at radius 1 is 1.29 bits per heavy atom. The molecule has 3 N–H and O–H groups in total. The summed E-state index contributed by atoms with van der Waals surface area (Å²) in [6.45, 7) is 2.16. The normalized spacial score (nSPS) is 25.3. The molecule has 0 amide bonds. The van der Waals surface area contributed by atoms with Gasteiger partial charge in [-0.2, -0.15) is 0 Å². The van der Waals surface area contributed by atoms with Crippen LogP contribution in [0.5, 0.6) is 0 Å². The summed E-state index contributed by atoms with van der Waals surface area (Å²) < 4.78 is 13.4. The van der Waals surface area contributed by atoms with Crippen molar-refractivity contribution in [2.75, 3.05) is 25.0 Å². The quantitative estimate of drug-likeness (QED) is 0.751. The van der Waals surface area contributed by atoms with Crippen LogP contribution in [0, 0.1) is 5.82 Å². The summed E-state index contributed by atoms with van der Waals surface area (Å²) in [5.74, 6) is -0.275. The highest BCUT2D eigenvalue weighted by Gasteiger charge is 2.27. The van der Waals surface area contributed by atoms with Gasteiger partial charge in [-0.15, -0.1) is 0 Å². The van der Waals surface area contributed by atoms with Crippen LogP contribution in [-0.2, 0) is 0 Å². The lowest BCUT2D eigenvalue weighted by Gasteiger charge is -2.27. The van der Waals surface area contributed by atoms with E-state index in [2.05, 4.69) is 10.6 Å². The zero-order valence-electron chi connectivity index (χ0n) is 9.88. The van der Waals surface area contributed by atoms with Crippen molar-refractivity contribution in [3.63, 3.8) is 0 Å². The monoisotopic (exact) mass is 238 g/mol. The highest BCUT2D eigenvalue weighted by molar-refractivity contribution is 5.44. The van der Waals surface area contributed by atoms with E-state index in [1.165, 1.54) is 6.07 Å². The minimum absolute atomic E-state index is 0.275. The van der Waals surface area contributed by atoms with Gasteiger partial charge in [0.2, 0.25) is 0 Å². The van der Waals surface area contributed by atoms with Crippen LogP contribution in [0.15, 0.2) is 24.3 Å². The number of rotatable bonds is 3. The van der Waals surface area contributed by atoms with Gasteiger partial charge in [0, 0.05) is 6.54 Å². The molecule has 1 saturated heterocycles. The summed E-state index contributed by atoms with van der Waals surface area (Å²) in [4.78, 5) is 0. The topological polar surface area (TPSA) is 44.3 Å². The van der Waals surface area contributed by atoms with Crippen LogP contribution in [0.25, 0.3) is 0 Å². The van der Waals surface area contributed by atoms with Crippen LogP contribution >= 0.6 is 0 Å². The average Bonchev–Trinajstić information content (AvgIpc) is 2.54. The smallest absolute Gasteiger partial charge is 0.146 e. The van der Waals surface area contributed by atoms with Crippen molar-refractivity contribution >= 4 is 5.69 Å². The maximum Gasteiger partial charge on any atom is 0.146 e. The van der Waals surface area contributed by atoms with Gasteiger partial charge in [-0.3, -0.25) is 0 Å². The minimum Gasteiger partial charge on any atom is -0.388 e.